The third kappa shape index (κ3) is 6.29. The molecule has 1 N–H and O–H groups in total. The SMILES string of the molecule is CCN(CC)S(=O)(=O)c1cc(C(=O)OC(C)C(=O)Nc2cccc(C(F)(F)F)c2)ccc1F. The summed E-state index contributed by atoms with van der Waals surface area (Å²) in [5, 5.41) is 2.21. The number of amides is 1. The van der Waals surface area contributed by atoms with E-state index in [0.29, 0.717) is 0 Å². The van der Waals surface area contributed by atoms with E-state index in [1.54, 1.807) is 13.8 Å². The molecule has 1 amide bonds. The van der Waals surface area contributed by atoms with Gasteiger partial charge in [-0.15, -0.1) is 0 Å². The highest BCUT2D eigenvalue weighted by atomic mass is 32.2. The van der Waals surface area contributed by atoms with Crippen LogP contribution in [0.5, 0.6) is 0 Å². The Morgan fingerprint density at radius 1 is 1.09 bits per heavy atom. The molecule has 1 atom stereocenters. The van der Waals surface area contributed by atoms with Crippen molar-refractivity contribution in [1.29, 1.82) is 0 Å². The number of benzene rings is 2. The number of alkyl halides is 3. The number of carbonyl (C=O) groups excluding carboxylic acids is 2. The van der Waals surface area contributed by atoms with Crippen molar-refractivity contribution in [3.63, 3.8) is 0 Å². The quantitative estimate of drug-likeness (QED) is 0.445. The molecule has 2 rings (SSSR count). The molecule has 0 heterocycles. The van der Waals surface area contributed by atoms with Crippen molar-refractivity contribution in [3.05, 3.63) is 59.4 Å². The predicted octanol–water partition coefficient (Wildman–Crippen LogP) is 4.06. The van der Waals surface area contributed by atoms with Crippen LogP contribution in [0.25, 0.3) is 0 Å². The van der Waals surface area contributed by atoms with Crippen molar-refractivity contribution in [3.8, 4) is 0 Å². The van der Waals surface area contributed by atoms with E-state index in [1.807, 2.05) is 0 Å². The summed E-state index contributed by atoms with van der Waals surface area (Å²) in [5.41, 5.74) is -1.45. The lowest BCUT2D eigenvalue weighted by molar-refractivity contribution is -0.137. The van der Waals surface area contributed by atoms with Gasteiger partial charge in [-0.3, -0.25) is 4.79 Å². The van der Waals surface area contributed by atoms with E-state index in [-0.39, 0.29) is 24.3 Å². The van der Waals surface area contributed by atoms with Gasteiger partial charge < -0.3 is 10.1 Å². The number of halogens is 4. The van der Waals surface area contributed by atoms with Crippen LogP contribution in [-0.4, -0.2) is 43.8 Å². The Labute approximate surface area is 188 Å². The van der Waals surface area contributed by atoms with Crippen LogP contribution in [0.15, 0.2) is 47.4 Å². The van der Waals surface area contributed by atoms with E-state index in [0.717, 1.165) is 40.7 Å². The largest absolute Gasteiger partial charge is 0.449 e. The number of rotatable bonds is 8. The van der Waals surface area contributed by atoms with Crippen LogP contribution >= 0.6 is 0 Å². The molecule has 0 bridgehead atoms. The number of nitrogens with zero attached hydrogens (tertiary/aromatic N) is 1. The highest BCUT2D eigenvalue weighted by molar-refractivity contribution is 7.89. The normalized spacial score (nSPS) is 13.0. The number of esters is 1. The van der Waals surface area contributed by atoms with Crippen molar-refractivity contribution in [2.45, 2.75) is 37.9 Å². The standard InChI is InChI=1S/C21H22F4N2O5S/c1-4-27(5-2)33(30,31)18-11-14(9-10-17(18)22)20(29)32-13(3)19(28)26-16-8-6-7-15(12-16)21(23,24)25/h6-13H,4-5H2,1-3H3,(H,26,28). The van der Waals surface area contributed by atoms with Crippen molar-refractivity contribution in [2.24, 2.45) is 0 Å². The van der Waals surface area contributed by atoms with E-state index in [4.69, 9.17) is 4.74 Å². The minimum absolute atomic E-state index is 0.0830. The summed E-state index contributed by atoms with van der Waals surface area (Å²) in [6, 6.07) is 6.48. The Kier molecular flexibility index (Phi) is 8.20. The van der Waals surface area contributed by atoms with Gasteiger partial charge in [0.05, 0.1) is 11.1 Å². The fourth-order valence-corrected chi connectivity index (χ4v) is 4.38. The lowest BCUT2D eigenvalue weighted by Crippen LogP contribution is -2.32. The lowest BCUT2D eigenvalue weighted by Gasteiger charge is -2.19. The number of anilines is 1. The minimum Gasteiger partial charge on any atom is -0.449 e. The average molecular weight is 490 g/mol. The molecule has 0 spiro atoms. The zero-order valence-corrected chi connectivity index (χ0v) is 18.8. The predicted molar refractivity (Wildman–Crippen MR) is 111 cm³/mol. The van der Waals surface area contributed by atoms with Gasteiger partial charge in [-0.2, -0.15) is 17.5 Å². The van der Waals surface area contributed by atoms with Gasteiger partial charge in [-0.05, 0) is 43.3 Å². The molecule has 12 heteroatoms. The van der Waals surface area contributed by atoms with Crippen LogP contribution in [0.1, 0.15) is 36.7 Å². The molecule has 0 radical (unpaired) electrons. The first kappa shape index (κ1) is 26.3. The molecule has 0 aliphatic heterocycles. The van der Waals surface area contributed by atoms with Crippen molar-refractivity contribution in [1.82, 2.24) is 4.31 Å². The van der Waals surface area contributed by atoms with Gasteiger partial charge in [-0.25, -0.2) is 17.6 Å². The second-order valence-electron chi connectivity index (χ2n) is 6.85. The van der Waals surface area contributed by atoms with Crippen LogP contribution in [0.4, 0.5) is 23.2 Å². The van der Waals surface area contributed by atoms with Gasteiger partial charge in [0, 0.05) is 18.8 Å². The van der Waals surface area contributed by atoms with Gasteiger partial charge in [0.2, 0.25) is 10.0 Å². The molecule has 2 aromatic carbocycles. The molecular weight excluding hydrogens is 468 g/mol. The summed E-state index contributed by atoms with van der Waals surface area (Å²) >= 11 is 0. The molecule has 0 aliphatic carbocycles. The first-order chi connectivity index (χ1) is 15.3. The van der Waals surface area contributed by atoms with Gasteiger partial charge in [0.1, 0.15) is 10.7 Å². The van der Waals surface area contributed by atoms with Crippen LogP contribution in [0, 0.1) is 5.82 Å². The summed E-state index contributed by atoms with van der Waals surface area (Å²) in [7, 11) is -4.21. The maximum Gasteiger partial charge on any atom is 0.416 e. The lowest BCUT2D eigenvalue weighted by atomic mass is 10.2. The first-order valence-electron chi connectivity index (χ1n) is 9.80. The highest BCUT2D eigenvalue weighted by Gasteiger charge is 2.31. The molecule has 7 nitrogen and oxygen atoms in total. The Morgan fingerprint density at radius 3 is 2.30 bits per heavy atom. The summed E-state index contributed by atoms with van der Waals surface area (Å²) in [4.78, 5) is 23.9. The van der Waals surface area contributed by atoms with Crippen molar-refractivity contribution < 1.29 is 40.3 Å². The second-order valence-corrected chi connectivity index (χ2v) is 8.76. The summed E-state index contributed by atoms with van der Waals surface area (Å²) in [6.07, 6.45) is -6.05. The number of hydrogen-bond donors (Lipinski definition) is 1. The smallest absolute Gasteiger partial charge is 0.416 e. The van der Waals surface area contributed by atoms with Gasteiger partial charge >= 0.3 is 12.1 Å². The van der Waals surface area contributed by atoms with Crippen molar-refractivity contribution >= 4 is 27.6 Å². The fourth-order valence-electron chi connectivity index (χ4n) is 2.83. The van der Waals surface area contributed by atoms with Crippen LogP contribution < -0.4 is 5.32 Å². The monoisotopic (exact) mass is 490 g/mol. The zero-order chi connectivity index (χ0) is 25.0. The Hall–Kier alpha value is -2.99. The second kappa shape index (κ2) is 10.3. The Bertz CT molecular complexity index is 1130. The zero-order valence-electron chi connectivity index (χ0n) is 17.9. The van der Waals surface area contributed by atoms with Crippen LogP contribution in [0.3, 0.4) is 0 Å². The maximum absolute atomic E-state index is 14.2. The number of carbonyl (C=O) groups is 2. The Morgan fingerprint density at radius 2 is 1.73 bits per heavy atom. The molecule has 33 heavy (non-hydrogen) atoms. The maximum atomic E-state index is 14.2. The third-order valence-electron chi connectivity index (χ3n) is 4.60. The van der Waals surface area contributed by atoms with Gasteiger partial charge in [0.15, 0.2) is 6.10 Å². The van der Waals surface area contributed by atoms with Crippen LogP contribution in [-0.2, 0) is 25.7 Å². The molecule has 0 aromatic heterocycles. The van der Waals surface area contributed by atoms with Gasteiger partial charge in [0.25, 0.3) is 5.91 Å². The van der Waals surface area contributed by atoms with Crippen molar-refractivity contribution in [2.75, 3.05) is 18.4 Å². The molecule has 180 valence electrons. The minimum atomic E-state index is -4.61. The van der Waals surface area contributed by atoms with Crippen LogP contribution in [0.2, 0.25) is 0 Å². The third-order valence-corrected chi connectivity index (χ3v) is 6.67. The fraction of sp³-hybridized carbons (Fsp3) is 0.333. The molecule has 0 saturated heterocycles. The number of nitrogens with one attached hydrogen (secondary N) is 1. The molecule has 1 unspecified atom stereocenters. The van der Waals surface area contributed by atoms with E-state index in [1.165, 1.54) is 13.0 Å². The van der Waals surface area contributed by atoms with E-state index in [9.17, 15) is 35.6 Å². The summed E-state index contributed by atoms with van der Waals surface area (Å²) in [5.74, 6) is -3.09. The van der Waals surface area contributed by atoms with Gasteiger partial charge in [-0.1, -0.05) is 19.9 Å². The molecule has 0 aliphatic rings. The molecular formula is C21H22F4N2O5S. The molecule has 0 fully saturated rings. The summed E-state index contributed by atoms with van der Waals surface area (Å²) < 4.78 is 83.8. The number of hydrogen-bond acceptors (Lipinski definition) is 5. The van der Waals surface area contributed by atoms with E-state index >= 15 is 0 Å². The topological polar surface area (TPSA) is 92.8 Å². The van der Waals surface area contributed by atoms with E-state index in [2.05, 4.69) is 5.32 Å². The first-order valence-corrected chi connectivity index (χ1v) is 11.2. The molecule has 2 aromatic rings. The number of sulfonamides is 1. The molecule has 0 saturated carbocycles. The van der Waals surface area contributed by atoms with E-state index < -0.39 is 50.5 Å². The number of ether oxygens (including phenoxy) is 1. The average Bonchev–Trinajstić information content (AvgIpc) is 2.74. The summed E-state index contributed by atoms with van der Waals surface area (Å²) in [6.45, 7) is 4.49. The Balaban J connectivity index is 2.17. The highest BCUT2D eigenvalue weighted by Crippen LogP contribution is 2.30.